The SMILES string of the molecule is CCCOc1ccc(CCl)c(OCCCSC)c1. The van der Waals surface area contributed by atoms with E-state index >= 15 is 0 Å². The van der Waals surface area contributed by atoms with Crippen molar-refractivity contribution in [1.29, 1.82) is 0 Å². The Balaban J connectivity index is 2.60. The molecule has 0 atom stereocenters. The quantitative estimate of drug-likeness (QED) is 0.497. The molecule has 1 aromatic rings. The third kappa shape index (κ3) is 5.40. The highest BCUT2D eigenvalue weighted by atomic mass is 35.5. The van der Waals surface area contributed by atoms with Gasteiger partial charge in [0.25, 0.3) is 0 Å². The van der Waals surface area contributed by atoms with Gasteiger partial charge in [0.05, 0.1) is 19.1 Å². The summed E-state index contributed by atoms with van der Waals surface area (Å²) in [5.74, 6) is 3.28. The van der Waals surface area contributed by atoms with Gasteiger partial charge in [0.2, 0.25) is 0 Å². The number of hydrogen-bond donors (Lipinski definition) is 0. The molecule has 0 heterocycles. The van der Waals surface area contributed by atoms with E-state index < -0.39 is 0 Å². The maximum absolute atomic E-state index is 5.90. The maximum atomic E-state index is 5.90. The van der Waals surface area contributed by atoms with Crippen LogP contribution in [0.2, 0.25) is 0 Å². The lowest BCUT2D eigenvalue weighted by Gasteiger charge is -2.12. The lowest BCUT2D eigenvalue weighted by molar-refractivity contribution is 0.300. The molecular weight excluding hydrogens is 268 g/mol. The van der Waals surface area contributed by atoms with Gasteiger partial charge in [-0.25, -0.2) is 0 Å². The van der Waals surface area contributed by atoms with E-state index in [4.69, 9.17) is 21.1 Å². The van der Waals surface area contributed by atoms with E-state index in [9.17, 15) is 0 Å². The second-order valence-corrected chi connectivity index (χ2v) is 5.20. The molecule has 102 valence electrons. The smallest absolute Gasteiger partial charge is 0.127 e. The van der Waals surface area contributed by atoms with Crippen molar-refractivity contribution in [3.05, 3.63) is 23.8 Å². The van der Waals surface area contributed by atoms with Crippen LogP contribution in [0.3, 0.4) is 0 Å². The van der Waals surface area contributed by atoms with Gasteiger partial charge in [0, 0.05) is 11.6 Å². The van der Waals surface area contributed by atoms with Crippen molar-refractivity contribution in [2.45, 2.75) is 25.6 Å². The zero-order valence-corrected chi connectivity index (χ0v) is 12.6. The topological polar surface area (TPSA) is 18.5 Å². The third-order valence-electron chi connectivity index (χ3n) is 2.41. The minimum absolute atomic E-state index is 0.464. The summed E-state index contributed by atoms with van der Waals surface area (Å²) in [6, 6.07) is 5.86. The fourth-order valence-corrected chi connectivity index (χ4v) is 2.10. The maximum Gasteiger partial charge on any atom is 0.127 e. The van der Waals surface area contributed by atoms with Crippen molar-refractivity contribution < 1.29 is 9.47 Å². The molecule has 2 nitrogen and oxygen atoms in total. The molecule has 0 spiro atoms. The van der Waals surface area contributed by atoms with E-state index in [-0.39, 0.29) is 0 Å². The highest BCUT2D eigenvalue weighted by Gasteiger charge is 2.05. The lowest BCUT2D eigenvalue weighted by Crippen LogP contribution is -2.02. The van der Waals surface area contributed by atoms with Crippen LogP contribution in [-0.4, -0.2) is 25.2 Å². The number of alkyl halides is 1. The Kier molecular flexibility index (Phi) is 8.10. The number of ether oxygens (including phenoxy) is 2. The van der Waals surface area contributed by atoms with Gasteiger partial charge in [-0.05, 0) is 30.9 Å². The molecule has 1 rings (SSSR count). The molecule has 0 bridgehead atoms. The van der Waals surface area contributed by atoms with Gasteiger partial charge in [0.15, 0.2) is 0 Å². The predicted octanol–water partition coefficient (Wildman–Crippen LogP) is 4.35. The molecule has 18 heavy (non-hydrogen) atoms. The standard InChI is InChI=1S/C14H21ClO2S/c1-3-7-16-13-6-5-12(11-15)14(10-13)17-8-4-9-18-2/h5-6,10H,3-4,7-9,11H2,1-2H3. The minimum atomic E-state index is 0.464. The molecule has 0 N–H and O–H groups in total. The van der Waals surface area contributed by atoms with Crippen molar-refractivity contribution >= 4 is 23.4 Å². The Labute approximate surface area is 119 Å². The Bertz CT molecular complexity index is 345. The molecule has 0 aliphatic carbocycles. The van der Waals surface area contributed by atoms with E-state index in [1.165, 1.54) is 0 Å². The molecule has 0 fully saturated rings. The van der Waals surface area contributed by atoms with Gasteiger partial charge < -0.3 is 9.47 Å². The summed E-state index contributed by atoms with van der Waals surface area (Å²) in [5.41, 5.74) is 1.02. The number of benzene rings is 1. The highest BCUT2D eigenvalue weighted by Crippen LogP contribution is 2.26. The van der Waals surface area contributed by atoms with Crippen LogP contribution < -0.4 is 9.47 Å². The molecule has 0 unspecified atom stereocenters. The van der Waals surface area contributed by atoms with Crippen LogP contribution in [0.15, 0.2) is 18.2 Å². The van der Waals surface area contributed by atoms with Crippen LogP contribution in [-0.2, 0) is 5.88 Å². The summed E-state index contributed by atoms with van der Waals surface area (Å²) < 4.78 is 11.4. The molecule has 1 aromatic carbocycles. The van der Waals surface area contributed by atoms with Gasteiger partial charge >= 0.3 is 0 Å². The summed E-state index contributed by atoms with van der Waals surface area (Å²) in [4.78, 5) is 0. The molecule has 0 aliphatic heterocycles. The Morgan fingerprint density at radius 1 is 1.22 bits per heavy atom. The van der Waals surface area contributed by atoms with Crippen LogP contribution in [0.4, 0.5) is 0 Å². The fraction of sp³-hybridized carbons (Fsp3) is 0.571. The number of halogens is 1. The van der Waals surface area contributed by atoms with Gasteiger partial charge in [-0.3, -0.25) is 0 Å². The molecule has 0 aromatic heterocycles. The first-order valence-corrected chi connectivity index (χ1v) is 8.18. The first-order valence-electron chi connectivity index (χ1n) is 6.25. The van der Waals surface area contributed by atoms with Crippen molar-refractivity contribution in [2.24, 2.45) is 0 Å². The van der Waals surface area contributed by atoms with Gasteiger partial charge in [0.1, 0.15) is 11.5 Å². The van der Waals surface area contributed by atoms with Gasteiger partial charge in [-0.2, -0.15) is 11.8 Å². The average Bonchev–Trinajstić information content (AvgIpc) is 2.41. The van der Waals surface area contributed by atoms with E-state index in [1.807, 2.05) is 30.0 Å². The molecule has 4 heteroatoms. The van der Waals surface area contributed by atoms with Crippen molar-refractivity contribution in [3.63, 3.8) is 0 Å². The summed E-state index contributed by atoms with van der Waals surface area (Å²) in [7, 11) is 0. The van der Waals surface area contributed by atoms with E-state index in [1.54, 1.807) is 0 Å². The van der Waals surface area contributed by atoms with Gasteiger partial charge in [-0.15, -0.1) is 11.6 Å². The first kappa shape index (κ1) is 15.5. The van der Waals surface area contributed by atoms with Crippen LogP contribution in [0.5, 0.6) is 11.5 Å². The van der Waals surface area contributed by atoms with Crippen molar-refractivity contribution in [2.75, 3.05) is 25.2 Å². The molecule has 0 aliphatic rings. The van der Waals surface area contributed by atoms with Crippen LogP contribution in [0, 0.1) is 0 Å². The Morgan fingerprint density at radius 2 is 2.06 bits per heavy atom. The number of thioether (sulfide) groups is 1. The number of hydrogen-bond acceptors (Lipinski definition) is 3. The minimum Gasteiger partial charge on any atom is -0.493 e. The summed E-state index contributed by atoms with van der Waals surface area (Å²) in [6.45, 7) is 3.54. The second kappa shape index (κ2) is 9.40. The van der Waals surface area contributed by atoms with Crippen molar-refractivity contribution in [3.8, 4) is 11.5 Å². The van der Waals surface area contributed by atoms with E-state index in [0.717, 1.165) is 48.9 Å². The first-order chi connectivity index (χ1) is 8.81. The lowest BCUT2D eigenvalue weighted by atomic mass is 10.2. The third-order valence-corrected chi connectivity index (χ3v) is 3.39. The largest absolute Gasteiger partial charge is 0.493 e. The highest BCUT2D eigenvalue weighted by molar-refractivity contribution is 7.98. The van der Waals surface area contributed by atoms with Crippen molar-refractivity contribution in [1.82, 2.24) is 0 Å². The molecule has 0 saturated carbocycles. The molecular formula is C14H21ClO2S. The summed E-state index contributed by atoms with van der Waals surface area (Å²) in [5, 5.41) is 0. The predicted molar refractivity (Wildman–Crippen MR) is 80.3 cm³/mol. The van der Waals surface area contributed by atoms with Crippen LogP contribution >= 0.6 is 23.4 Å². The van der Waals surface area contributed by atoms with E-state index in [2.05, 4.69) is 13.2 Å². The normalized spacial score (nSPS) is 10.4. The monoisotopic (exact) mass is 288 g/mol. The average molecular weight is 289 g/mol. The Morgan fingerprint density at radius 3 is 2.72 bits per heavy atom. The number of rotatable bonds is 9. The molecule has 0 saturated heterocycles. The second-order valence-electron chi connectivity index (χ2n) is 3.95. The Hall–Kier alpha value is -0.540. The summed E-state index contributed by atoms with van der Waals surface area (Å²) in [6.07, 6.45) is 4.15. The summed E-state index contributed by atoms with van der Waals surface area (Å²) >= 11 is 7.73. The van der Waals surface area contributed by atoms with Crippen LogP contribution in [0.1, 0.15) is 25.3 Å². The van der Waals surface area contributed by atoms with E-state index in [0.29, 0.717) is 5.88 Å². The van der Waals surface area contributed by atoms with Gasteiger partial charge in [-0.1, -0.05) is 13.0 Å². The fourth-order valence-electron chi connectivity index (χ4n) is 1.47. The zero-order valence-electron chi connectivity index (χ0n) is 11.1. The molecule has 0 amide bonds. The zero-order chi connectivity index (χ0) is 13.2. The molecule has 0 radical (unpaired) electrons. The van der Waals surface area contributed by atoms with Crippen LogP contribution in [0.25, 0.3) is 0 Å².